The molecule has 0 radical (unpaired) electrons. The van der Waals surface area contributed by atoms with E-state index in [0.29, 0.717) is 18.5 Å². The number of nitrogens with one attached hydrogen (secondary N) is 1. The first-order valence-corrected chi connectivity index (χ1v) is 16.0. The van der Waals surface area contributed by atoms with Crippen molar-refractivity contribution in [2.45, 2.75) is 31.9 Å². The van der Waals surface area contributed by atoms with Gasteiger partial charge in [-0.1, -0.05) is 36.8 Å². The Morgan fingerprint density at radius 3 is 2.63 bits per heavy atom. The highest BCUT2D eigenvalue weighted by Gasteiger charge is 2.39. The van der Waals surface area contributed by atoms with Gasteiger partial charge in [-0.2, -0.15) is 0 Å². The minimum Gasteiger partial charge on any atom is -0.366 e. The minimum absolute atomic E-state index is 0.0356. The van der Waals surface area contributed by atoms with Gasteiger partial charge in [0.25, 0.3) is 0 Å². The molecule has 3 aliphatic rings. The van der Waals surface area contributed by atoms with Crippen molar-refractivity contribution in [3.05, 3.63) is 130 Å². The molecule has 8 nitrogen and oxygen atoms in total. The molecule has 0 fully saturated rings. The van der Waals surface area contributed by atoms with Gasteiger partial charge >= 0.3 is 0 Å². The molecule has 3 aromatic rings. The Morgan fingerprint density at radius 1 is 1.12 bits per heavy atom. The number of carbonyl (C=O) groups is 1. The van der Waals surface area contributed by atoms with Crippen molar-refractivity contribution in [2.75, 3.05) is 18.1 Å². The van der Waals surface area contributed by atoms with E-state index in [1.165, 1.54) is 23.3 Å². The summed E-state index contributed by atoms with van der Waals surface area (Å²) in [5.41, 5.74) is 15.8. The molecule has 1 aliphatic heterocycles. The molecule has 1 aromatic heterocycles. The second kappa shape index (κ2) is 11.8. The second-order valence-corrected chi connectivity index (χ2v) is 13.2. The third-order valence-corrected chi connectivity index (χ3v) is 10.4. The van der Waals surface area contributed by atoms with Gasteiger partial charge in [0, 0.05) is 54.7 Å². The van der Waals surface area contributed by atoms with Crippen molar-refractivity contribution in [3.8, 4) is 0 Å². The molecule has 3 N–H and O–H groups in total. The minimum atomic E-state index is -3.82. The van der Waals surface area contributed by atoms with Gasteiger partial charge in [0.2, 0.25) is 15.9 Å². The van der Waals surface area contributed by atoms with Crippen molar-refractivity contribution in [1.82, 2.24) is 14.7 Å². The molecule has 2 heterocycles. The summed E-state index contributed by atoms with van der Waals surface area (Å²) in [6.07, 6.45) is 8.02. The molecule has 0 saturated heterocycles. The smallest absolute Gasteiger partial charge is 0.249 e. The van der Waals surface area contributed by atoms with Crippen LogP contribution in [0, 0.1) is 17.7 Å². The number of hydrogen-bond acceptors (Lipinski definition) is 6. The largest absolute Gasteiger partial charge is 0.366 e. The fraction of sp³-hybridized carbons (Fsp3) is 0.273. The van der Waals surface area contributed by atoms with Crippen molar-refractivity contribution >= 4 is 21.6 Å². The summed E-state index contributed by atoms with van der Waals surface area (Å²) < 4.78 is 43.1. The number of hydrogen-bond donors (Lipinski definition) is 2. The van der Waals surface area contributed by atoms with Gasteiger partial charge in [-0.25, -0.2) is 17.1 Å². The molecule has 0 saturated carbocycles. The fourth-order valence-electron chi connectivity index (χ4n) is 6.46. The Morgan fingerprint density at radius 2 is 1.88 bits per heavy atom. The van der Waals surface area contributed by atoms with Crippen LogP contribution in [0.25, 0.3) is 0 Å². The summed E-state index contributed by atoms with van der Waals surface area (Å²) in [5, 5.41) is 1.96. The number of anilines is 1. The zero-order chi connectivity index (χ0) is 30.1. The van der Waals surface area contributed by atoms with E-state index in [1.807, 2.05) is 29.4 Å². The van der Waals surface area contributed by atoms with E-state index >= 15 is 0 Å². The van der Waals surface area contributed by atoms with Crippen LogP contribution in [0.4, 0.5) is 10.1 Å². The van der Waals surface area contributed by atoms with Crippen molar-refractivity contribution < 1.29 is 17.6 Å². The molecule has 6 rings (SSSR count). The summed E-state index contributed by atoms with van der Waals surface area (Å²) in [7, 11) is -3.82. The van der Waals surface area contributed by atoms with E-state index in [0.717, 1.165) is 35.5 Å². The predicted molar refractivity (Wildman–Crippen MR) is 164 cm³/mol. The summed E-state index contributed by atoms with van der Waals surface area (Å²) >= 11 is 0. The first-order valence-electron chi connectivity index (χ1n) is 14.4. The number of sulfonamides is 1. The first-order chi connectivity index (χ1) is 20.7. The number of fused-ring (bicyclic) bond motifs is 1. The van der Waals surface area contributed by atoms with Crippen molar-refractivity contribution in [2.24, 2.45) is 17.6 Å². The molecule has 0 unspecified atom stereocenters. The third-order valence-electron chi connectivity index (χ3n) is 8.57. The fourth-order valence-corrected chi connectivity index (χ4v) is 8.06. The maximum atomic E-state index is 14.0. The van der Waals surface area contributed by atoms with Crippen LogP contribution in [0.3, 0.4) is 0 Å². The van der Waals surface area contributed by atoms with Crippen LogP contribution in [0.2, 0.25) is 0 Å². The Kier molecular flexibility index (Phi) is 7.89. The summed E-state index contributed by atoms with van der Waals surface area (Å²) in [6.45, 7) is 2.77. The number of benzene rings is 2. The molecule has 2 atom stereocenters. The number of pyridine rings is 1. The number of halogens is 1. The first kappa shape index (κ1) is 28.8. The standard InChI is InChI=1S/C33H34FN5O3S/c1-22-30-19-37-39(28-13-11-26(34)12-14-28)31(30)18-23-9-10-24(32(22)23)20-38(17-15-27-7-4-5-16-36-27)43(41,42)21-25-6-2-3-8-29(25)33(35)40/h2-8,11-14,16,18-19,22,24,37H,9-10,15,17,20-21H2,1H3,(H2,35,40)/t22-,24+/m0/s1. The lowest BCUT2D eigenvalue weighted by atomic mass is 9.80. The normalized spacial score (nSPS) is 19.6. The van der Waals surface area contributed by atoms with E-state index in [4.69, 9.17) is 5.73 Å². The molecule has 0 bridgehead atoms. The van der Waals surface area contributed by atoms with Gasteiger partial charge in [0.05, 0.1) is 17.1 Å². The predicted octanol–water partition coefficient (Wildman–Crippen LogP) is 4.84. The number of hydrazine groups is 1. The van der Waals surface area contributed by atoms with Crippen LogP contribution < -0.4 is 16.2 Å². The molecule has 222 valence electrons. The van der Waals surface area contributed by atoms with E-state index in [9.17, 15) is 17.6 Å². The molecule has 2 aliphatic carbocycles. The quantitative estimate of drug-likeness (QED) is 0.345. The summed E-state index contributed by atoms with van der Waals surface area (Å²) in [4.78, 5) is 16.4. The zero-order valence-corrected chi connectivity index (χ0v) is 24.7. The molecule has 0 spiro atoms. The number of rotatable bonds is 10. The molecular formula is C33H34FN5O3S. The van der Waals surface area contributed by atoms with E-state index < -0.39 is 15.9 Å². The van der Waals surface area contributed by atoms with Crippen LogP contribution in [-0.4, -0.2) is 36.7 Å². The maximum Gasteiger partial charge on any atom is 0.249 e. The molecule has 1 amide bonds. The molecule has 43 heavy (non-hydrogen) atoms. The Bertz CT molecular complexity index is 1740. The Labute approximate surface area is 251 Å². The van der Waals surface area contributed by atoms with Crippen LogP contribution in [-0.2, 0) is 22.2 Å². The zero-order valence-electron chi connectivity index (χ0n) is 23.9. The SMILES string of the molecule is C[C@H]1C2=CNN(c3ccc(F)cc3)C2=CC2=C1[C@@H](CN(CCc1ccccn1)S(=O)(=O)Cc1ccccc1C(N)=O)CC2. The van der Waals surface area contributed by atoms with Crippen molar-refractivity contribution in [3.63, 3.8) is 0 Å². The van der Waals surface area contributed by atoms with Crippen LogP contribution >= 0.6 is 0 Å². The van der Waals surface area contributed by atoms with Crippen molar-refractivity contribution in [1.29, 1.82) is 0 Å². The highest BCUT2D eigenvalue weighted by Crippen LogP contribution is 2.48. The lowest BCUT2D eigenvalue weighted by Crippen LogP contribution is -2.39. The maximum absolute atomic E-state index is 14.0. The highest BCUT2D eigenvalue weighted by atomic mass is 32.2. The van der Waals surface area contributed by atoms with Crippen LogP contribution in [0.15, 0.2) is 108 Å². The Hall–Kier alpha value is -4.28. The topological polar surface area (TPSA) is 109 Å². The number of primary amides is 1. The molecule has 2 aromatic carbocycles. The third kappa shape index (κ3) is 5.85. The average molecular weight is 600 g/mol. The van der Waals surface area contributed by atoms with Gasteiger partial charge in [-0.05, 0) is 78.4 Å². The van der Waals surface area contributed by atoms with E-state index in [1.54, 1.807) is 46.9 Å². The van der Waals surface area contributed by atoms with Gasteiger partial charge < -0.3 is 11.2 Å². The second-order valence-electron chi connectivity index (χ2n) is 11.2. The van der Waals surface area contributed by atoms with Gasteiger partial charge in [-0.3, -0.25) is 14.8 Å². The summed E-state index contributed by atoms with van der Waals surface area (Å²) in [5.74, 6) is -1.13. The Balaban J connectivity index is 1.28. The van der Waals surface area contributed by atoms with Crippen LogP contribution in [0.1, 0.15) is 41.4 Å². The molecule has 10 heteroatoms. The van der Waals surface area contributed by atoms with Gasteiger partial charge in [0.1, 0.15) is 5.82 Å². The van der Waals surface area contributed by atoms with Crippen LogP contribution in [0.5, 0.6) is 0 Å². The van der Waals surface area contributed by atoms with E-state index in [-0.39, 0.29) is 35.5 Å². The van der Waals surface area contributed by atoms with E-state index in [2.05, 4.69) is 23.4 Å². The number of amides is 1. The lowest BCUT2D eigenvalue weighted by molar-refractivity contribution is 0.0999. The highest BCUT2D eigenvalue weighted by molar-refractivity contribution is 7.88. The average Bonchev–Trinajstić information content (AvgIpc) is 3.61. The monoisotopic (exact) mass is 599 g/mol. The van der Waals surface area contributed by atoms with Gasteiger partial charge in [-0.15, -0.1) is 0 Å². The number of allylic oxidation sites excluding steroid dienone is 3. The summed E-state index contributed by atoms with van der Waals surface area (Å²) in [6, 6.07) is 18.6. The number of aromatic nitrogens is 1. The van der Waals surface area contributed by atoms with Gasteiger partial charge in [0.15, 0.2) is 0 Å². The number of nitrogens with zero attached hydrogens (tertiary/aromatic N) is 3. The lowest BCUT2D eigenvalue weighted by Gasteiger charge is -2.32. The number of nitrogens with two attached hydrogens (primary N) is 1. The molecular weight excluding hydrogens is 565 g/mol. The number of carbonyl (C=O) groups excluding carboxylic acids is 1.